The monoisotopic (exact) mass is 420 g/mol. The van der Waals surface area contributed by atoms with Crippen LogP contribution >= 0.6 is 0 Å². The van der Waals surface area contributed by atoms with Crippen LogP contribution in [0.2, 0.25) is 0 Å². The topological polar surface area (TPSA) is 86.6 Å². The summed E-state index contributed by atoms with van der Waals surface area (Å²) < 4.78 is 5.96. The van der Waals surface area contributed by atoms with Crippen molar-refractivity contribution in [3.05, 3.63) is 59.9 Å². The first-order valence-electron chi connectivity index (χ1n) is 10.5. The highest BCUT2D eigenvalue weighted by molar-refractivity contribution is 5.56. The minimum Gasteiger partial charge on any atom is -0.457 e. The summed E-state index contributed by atoms with van der Waals surface area (Å²) in [6.07, 6.45) is 0. The third kappa shape index (κ3) is 5.48. The lowest BCUT2D eigenvalue weighted by molar-refractivity contribution is 0.188. The highest BCUT2D eigenvalue weighted by Gasteiger charge is 2.19. The average molecular weight is 421 g/mol. The number of anilines is 3. The fourth-order valence-corrected chi connectivity index (χ4v) is 3.51. The van der Waals surface area contributed by atoms with Gasteiger partial charge in [-0.3, -0.25) is 4.90 Å². The van der Waals surface area contributed by atoms with Gasteiger partial charge in [-0.25, -0.2) is 0 Å². The van der Waals surface area contributed by atoms with Gasteiger partial charge in [0.05, 0.1) is 6.61 Å². The molecule has 1 fully saturated rings. The summed E-state index contributed by atoms with van der Waals surface area (Å²) in [5.41, 5.74) is 1.97. The largest absolute Gasteiger partial charge is 0.457 e. The van der Waals surface area contributed by atoms with Crippen LogP contribution in [0, 0.1) is 13.8 Å². The summed E-state index contributed by atoms with van der Waals surface area (Å²) in [5.74, 6) is 3.49. The SMILES string of the molecule is Cc1nc(Nc2ccc(Oc3ccccc3C)cc2)nc(N2CCN(CCO)CC2)n1. The lowest BCUT2D eigenvalue weighted by atomic mass is 10.2. The molecular formula is C23H28N6O2. The molecule has 2 heterocycles. The van der Waals surface area contributed by atoms with Crippen LogP contribution in [0.5, 0.6) is 11.5 Å². The second kappa shape index (κ2) is 9.72. The number of β-amino-alcohol motifs (C(OH)–C–C–N with tert-alkyl or cyclic N) is 1. The van der Waals surface area contributed by atoms with Gasteiger partial charge in [0.1, 0.15) is 17.3 Å². The smallest absolute Gasteiger partial charge is 0.232 e. The number of nitrogens with zero attached hydrogens (tertiary/aromatic N) is 5. The first-order valence-corrected chi connectivity index (χ1v) is 10.5. The van der Waals surface area contributed by atoms with Gasteiger partial charge in [0.15, 0.2) is 0 Å². The fourth-order valence-electron chi connectivity index (χ4n) is 3.51. The Morgan fingerprint density at radius 3 is 2.39 bits per heavy atom. The second-order valence-electron chi connectivity index (χ2n) is 7.58. The molecule has 0 spiro atoms. The van der Waals surface area contributed by atoms with Crippen LogP contribution in [0.25, 0.3) is 0 Å². The Balaban J connectivity index is 1.42. The molecule has 31 heavy (non-hydrogen) atoms. The summed E-state index contributed by atoms with van der Waals surface area (Å²) in [7, 11) is 0. The Morgan fingerprint density at radius 1 is 0.935 bits per heavy atom. The summed E-state index contributed by atoms with van der Waals surface area (Å²) >= 11 is 0. The van der Waals surface area contributed by atoms with Crippen molar-refractivity contribution in [1.29, 1.82) is 0 Å². The molecule has 8 nitrogen and oxygen atoms in total. The van der Waals surface area contributed by atoms with E-state index in [4.69, 9.17) is 9.84 Å². The summed E-state index contributed by atoms with van der Waals surface area (Å²) in [6, 6.07) is 15.7. The van der Waals surface area contributed by atoms with Crippen molar-refractivity contribution < 1.29 is 9.84 Å². The van der Waals surface area contributed by atoms with Crippen LogP contribution in [0.15, 0.2) is 48.5 Å². The molecule has 1 aliphatic heterocycles. The molecule has 0 radical (unpaired) electrons. The van der Waals surface area contributed by atoms with E-state index in [1.165, 1.54) is 0 Å². The van der Waals surface area contributed by atoms with Crippen molar-refractivity contribution in [2.75, 3.05) is 49.5 Å². The van der Waals surface area contributed by atoms with Crippen molar-refractivity contribution in [1.82, 2.24) is 19.9 Å². The molecule has 162 valence electrons. The molecule has 0 bridgehead atoms. The number of nitrogens with one attached hydrogen (secondary N) is 1. The molecule has 0 aliphatic carbocycles. The van der Waals surface area contributed by atoms with Gasteiger partial charge in [-0.15, -0.1) is 0 Å². The Kier molecular flexibility index (Phi) is 6.59. The first-order chi connectivity index (χ1) is 15.1. The summed E-state index contributed by atoms with van der Waals surface area (Å²) in [6.45, 7) is 8.22. The van der Waals surface area contributed by atoms with Crippen LogP contribution < -0.4 is 15.0 Å². The number of rotatable bonds is 7. The average Bonchev–Trinajstić information content (AvgIpc) is 2.77. The van der Waals surface area contributed by atoms with E-state index in [0.29, 0.717) is 24.3 Å². The normalized spacial score (nSPS) is 14.5. The molecule has 1 aromatic heterocycles. The van der Waals surface area contributed by atoms with Crippen LogP contribution in [-0.4, -0.2) is 64.3 Å². The van der Waals surface area contributed by atoms with E-state index in [9.17, 15) is 0 Å². The number of aryl methyl sites for hydroxylation is 2. The van der Waals surface area contributed by atoms with Crippen LogP contribution in [0.4, 0.5) is 17.6 Å². The molecule has 3 aromatic rings. The van der Waals surface area contributed by atoms with Gasteiger partial charge in [-0.1, -0.05) is 18.2 Å². The van der Waals surface area contributed by atoms with Crippen molar-refractivity contribution in [2.24, 2.45) is 0 Å². The van der Waals surface area contributed by atoms with E-state index in [2.05, 4.69) is 30.1 Å². The van der Waals surface area contributed by atoms with E-state index in [1.807, 2.05) is 62.4 Å². The van der Waals surface area contributed by atoms with E-state index in [1.54, 1.807) is 0 Å². The molecular weight excluding hydrogens is 392 g/mol. The number of hydrogen-bond donors (Lipinski definition) is 2. The van der Waals surface area contributed by atoms with E-state index >= 15 is 0 Å². The highest BCUT2D eigenvalue weighted by atomic mass is 16.5. The predicted octanol–water partition coefficient (Wildman–Crippen LogP) is 3.14. The zero-order valence-electron chi connectivity index (χ0n) is 18.0. The number of benzene rings is 2. The van der Waals surface area contributed by atoms with Gasteiger partial charge in [-0.2, -0.15) is 15.0 Å². The van der Waals surface area contributed by atoms with Crippen LogP contribution in [-0.2, 0) is 0 Å². The van der Waals surface area contributed by atoms with Gasteiger partial charge in [0.25, 0.3) is 0 Å². The zero-order chi connectivity index (χ0) is 21.6. The molecule has 0 unspecified atom stereocenters. The number of aliphatic hydroxyl groups excluding tert-OH is 1. The highest BCUT2D eigenvalue weighted by Crippen LogP contribution is 2.26. The molecule has 1 aliphatic rings. The van der Waals surface area contributed by atoms with E-state index < -0.39 is 0 Å². The molecule has 8 heteroatoms. The number of ether oxygens (including phenoxy) is 1. The minimum atomic E-state index is 0.188. The Labute approximate surface area is 182 Å². The van der Waals surface area contributed by atoms with Gasteiger partial charge >= 0.3 is 0 Å². The molecule has 0 amide bonds. The first kappa shape index (κ1) is 21.0. The van der Waals surface area contributed by atoms with Crippen molar-refractivity contribution in [3.8, 4) is 11.5 Å². The second-order valence-corrected chi connectivity index (χ2v) is 7.58. The lowest BCUT2D eigenvalue weighted by Gasteiger charge is -2.34. The van der Waals surface area contributed by atoms with Crippen LogP contribution in [0.3, 0.4) is 0 Å². The number of piperazine rings is 1. The maximum Gasteiger partial charge on any atom is 0.232 e. The van der Waals surface area contributed by atoms with Gasteiger partial charge in [0.2, 0.25) is 11.9 Å². The lowest BCUT2D eigenvalue weighted by Crippen LogP contribution is -2.47. The number of para-hydroxylation sites is 1. The third-order valence-corrected chi connectivity index (χ3v) is 5.24. The Bertz CT molecular complexity index is 1000. The minimum absolute atomic E-state index is 0.188. The molecule has 2 N–H and O–H groups in total. The fraction of sp³-hybridized carbons (Fsp3) is 0.348. The van der Waals surface area contributed by atoms with Gasteiger partial charge in [-0.05, 0) is 49.7 Å². The Morgan fingerprint density at radius 2 is 1.68 bits per heavy atom. The standard InChI is InChI=1S/C23H28N6O2/c1-17-5-3-4-6-21(17)31-20-9-7-19(8-10-20)26-22-24-18(2)25-23(27-22)29-13-11-28(12-14-29)15-16-30/h3-10,30H,11-16H2,1-2H3,(H,24,25,26,27). The Hall–Kier alpha value is -3.23. The summed E-state index contributed by atoms with van der Waals surface area (Å²) in [4.78, 5) is 18.0. The molecule has 1 saturated heterocycles. The van der Waals surface area contributed by atoms with Crippen molar-refractivity contribution in [2.45, 2.75) is 13.8 Å². The quantitative estimate of drug-likeness (QED) is 0.603. The molecule has 4 rings (SSSR count). The molecule has 2 aromatic carbocycles. The number of aliphatic hydroxyl groups is 1. The van der Waals surface area contributed by atoms with Gasteiger partial charge < -0.3 is 20.1 Å². The van der Waals surface area contributed by atoms with Crippen LogP contribution in [0.1, 0.15) is 11.4 Å². The summed E-state index contributed by atoms with van der Waals surface area (Å²) in [5, 5.41) is 12.4. The van der Waals surface area contributed by atoms with Gasteiger partial charge in [0, 0.05) is 38.4 Å². The molecule has 0 saturated carbocycles. The predicted molar refractivity (Wildman–Crippen MR) is 121 cm³/mol. The van der Waals surface area contributed by atoms with E-state index in [-0.39, 0.29) is 6.61 Å². The van der Waals surface area contributed by atoms with E-state index in [0.717, 1.165) is 48.9 Å². The zero-order valence-corrected chi connectivity index (χ0v) is 18.0. The number of hydrogen-bond acceptors (Lipinski definition) is 8. The van der Waals surface area contributed by atoms with Crippen molar-refractivity contribution in [3.63, 3.8) is 0 Å². The maximum absolute atomic E-state index is 9.11. The molecule has 0 atom stereocenters. The third-order valence-electron chi connectivity index (χ3n) is 5.24. The maximum atomic E-state index is 9.11. The van der Waals surface area contributed by atoms with Crippen molar-refractivity contribution >= 4 is 17.6 Å². The number of aromatic nitrogens is 3.